The second-order valence-corrected chi connectivity index (χ2v) is 6.82. The van der Waals surface area contributed by atoms with Crippen molar-refractivity contribution in [1.29, 1.82) is 0 Å². The van der Waals surface area contributed by atoms with E-state index in [1.807, 2.05) is 0 Å². The third-order valence-corrected chi connectivity index (χ3v) is 5.21. The molecule has 10 nitrogen and oxygen atoms in total. The number of benzene rings is 2. The van der Waals surface area contributed by atoms with E-state index in [1.165, 1.54) is 47.7 Å². The van der Waals surface area contributed by atoms with Crippen LogP contribution in [0, 0.1) is 0 Å². The molecule has 0 bridgehead atoms. The first-order valence-electron chi connectivity index (χ1n) is 9.68. The highest BCUT2D eigenvalue weighted by Gasteiger charge is 2.34. The number of carbonyl (C=O) groups excluding carboxylic acids is 1. The van der Waals surface area contributed by atoms with Crippen LogP contribution in [0.15, 0.2) is 29.4 Å². The summed E-state index contributed by atoms with van der Waals surface area (Å²) < 4.78 is 32.5. The Bertz CT molecular complexity index is 988. The lowest BCUT2D eigenvalue weighted by Crippen LogP contribution is -2.32. The summed E-state index contributed by atoms with van der Waals surface area (Å²) in [4.78, 5) is 12.2. The second-order valence-electron chi connectivity index (χ2n) is 6.82. The highest BCUT2D eigenvalue weighted by Crippen LogP contribution is 2.44. The standard InChI is InChI=1S/C22H27N3O7/c1-27-16-7-12(8-17(28-2)20(16)31-5)14-11-15(25(24-14)22(23)26)13-9-18(29-3)21(32-6)19(10-13)30-4/h7-10,15H,11H2,1-6H3,(H2,23,26). The number of methoxy groups -OCH3 is 6. The minimum Gasteiger partial charge on any atom is -0.493 e. The van der Waals surface area contributed by atoms with Crippen LogP contribution < -0.4 is 34.2 Å². The molecule has 0 saturated carbocycles. The van der Waals surface area contributed by atoms with E-state index in [1.54, 1.807) is 24.3 Å². The summed E-state index contributed by atoms with van der Waals surface area (Å²) in [5.41, 5.74) is 7.71. The quantitative estimate of drug-likeness (QED) is 0.664. The first-order chi connectivity index (χ1) is 15.4. The molecule has 172 valence electrons. The largest absolute Gasteiger partial charge is 0.493 e. The first-order valence-corrected chi connectivity index (χ1v) is 9.68. The second kappa shape index (κ2) is 9.54. The van der Waals surface area contributed by atoms with Crippen molar-refractivity contribution >= 4 is 11.7 Å². The van der Waals surface area contributed by atoms with Gasteiger partial charge < -0.3 is 34.2 Å². The van der Waals surface area contributed by atoms with E-state index in [9.17, 15) is 4.79 Å². The van der Waals surface area contributed by atoms with Gasteiger partial charge in [0, 0.05) is 12.0 Å². The lowest BCUT2D eigenvalue weighted by atomic mass is 9.97. The number of ether oxygens (including phenoxy) is 6. The third-order valence-electron chi connectivity index (χ3n) is 5.21. The average molecular weight is 445 g/mol. The van der Waals surface area contributed by atoms with E-state index in [0.29, 0.717) is 52.2 Å². The van der Waals surface area contributed by atoms with Gasteiger partial charge in [0.1, 0.15) is 0 Å². The van der Waals surface area contributed by atoms with Crippen LogP contribution >= 0.6 is 0 Å². The van der Waals surface area contributed by atoms with Crippen LogP contribution in [0.4, 0.5) is 4.79 Å². The molecule has 1 atom stereocenters. The van der Waals surface area contributed by atoms with Crippen LogP contribution in [0.25, 0.3) is 0 Å². The zero-order valence-corrected chi connectivity index (χ0v) is 18.9. The number of carbonyl (C=O) groups is 1. The molecule has 1 unspecified atom stereocenters. The number of hydrogen-bond donors (Lipinski definition) is 1. The fraction of sp³-hybridized carbons (Fsp3) is 0.364. The molecule has 0 spiro atoms. The molecule has 0 aromatic heterocycles. The minimum atomic E-state index is -0.689. The molecule has 2 N–H and O–H groups in total. The van der Waals surface area contributed by atoms with Crippen LogP contribution in [-0.2, 0) is 0 Å². The maximum Gasteiger partial charge on any atom is 0.335 e. The van der Waals surface area contributed by atoms with Gasteiger partial charge in [-0.3, -0.25) is 0 Å². The molecular formula is C22H27N3O7. The predicted molar refractivity (Wildman–Crippen MR) is 118 cm³/mol. The van der Waals surface area contributed by atoms with Crippen molar-refractivity contribution in [1.82, 2.24) is 5.01 Å². The Morgan fingerprint density at radius 2 is 1.25 bits per heavy atom. The number of nitrogens with zero attached hydrogens (tertiary/aromatic N) is 2. The summed E-state index contributed by atoms with van der Waals surface area (Å²) >= 11 is 0. The van der Waals surface area contributed by atoms with Gasteiger partial charge in [-0.25, -0.2) is 9.80 Å². The maximum absolute atomic E-state index is 12.2. The zero-order valence-electron chi connectivity index (χ0n) is 18.9. The first kappa shape index (κ1) is 22.9. The Labute approximate surface area is 186 Å². The molecule has 32 heavy (non-hydrogen) atoms. The van der Waals surface area contributed by atoms with Gasteiger partial charge in [0.15, 0.2) is 23.0 Å². The van der Waals surface area contributed by atoms with Gasteiger partial charge in [-0.2, -0.15) is 5.10 Å². The fourth-order valence-electron chi connectivity index (χ4n) is 3.69. The Morgan fingerprint density at radius 3 is 1.62 bits per heavy atom. The van der Waals surface area contributed by atoms with Crippen molar-refractivity contribution in [2.75, 3.05) is 42.7 Å². The van der Waals surface area contributed by atoms with E-state index < -0.39 is 12.1 Å². The molecule has 0 aliphatic carbocycles. The fourth-order valence-corrected chi connectivity index (χ4v) is 3.69. The third kappa shape index (κ3) is 4.03. The van der Waals surface area contributed by atoms with Crippen molar-refractivity contribution < 1.29 is 33.2 Å². The Kier molecular flexibility index (Phi) is 6.82. The van der Waals surface area contributed by atoms with Crippen LogP contribution in [0.2, 0.25) is 0 Å². The number of hydrazone groups is 1. The molecule has 2 amide bonds. The highest BCUT2D eigenvalue weighted by atomic mass is 16.5. The van der Waals surface area contributed by atoms with Gasteiger partial charge in [-0.05, 0) is 29.8 Å². The number of primary amides is 1. The predicted octanol–water partition coefficient (Wildman–Crippen LogP) is 2.97. The van der Waals surface area contributed by atoms with Crippen LogP contribution in [0.3, 0.4) is 0 Å². The minimum absolute atomic E-state index is 0.389. The van der Waals surface area contributed by atoms with Crippen molar-refractivity contribution in [3.63, 3.8) is 0 Å². The molecule has 3 rings (SSSR count). The van der Waals surface area contributed by atoms with E-state index in [4.69, 9.17) is 34.2 Å². The molecule has 10 heteroatoms. The van der Waals surface area contributed by atoms with Gasteiger partial charge in [0.2, 0.25) is 11.5 Å². The molecule has 1 aliphatic rings. The molecular weight excluding hydrogens is 418 g/mol. The van der Waals surface area contributed by atoms with Crippen LogP contribution in [-0.4, -0.2) is 59.4 Å². The van der Waals surface area contributed by atoms with Crippen molar-refractivity contribution in [2.45, 2.75) is 12.5 Å². The zero-order chi connectivity index (χ0) is 23.4. The molecule has 2 aromatic carbocycles. The van der Waals surface area contributed by atoms with Gasteiger partial charge >= 0.3 is 6.03 Å². The Balaban J connectivity index is 2.07. The molecule has 0 radical (unpaired) electrons. The average Bonchev–Trinajstić information content (AvgIpc) is 3.27. The molecule has 2 aromatic rings. The summed E-state index contributed by atoms with van der Waals surface area (Å²) in [6, 6.07) is 5.93. The molecule has 0 fully saturated rings. The van der Waals surface area contributed by atoms with E-state index in [0.717, 1.165) is 5.56 Å². The van der Waals surface area contributed by atoms with E-state index >= 15 is 0 Å². The van der Waals surface area contributed by atoms with Crippen LogP contribution in [0.1, 0.15) is 23.6 Å². The summed E-state index contributed by atoms with van der Waals surface area (Å²) in [6.45, 7) is 0. The van der Waals surface area contributed by atoms with Gasteiger partial charge in [-0.15, -0.1) is 0 Å². The molecule has 0 saturated heterocycles. The number of rotatable bonds is 8. The van der Waals surface area contributed by atoms with E-state index in [2.05, 4.69) is 5.10 Å². The number of amides is 2. The maximum atomic E-state index is 12.2. The smallest absolute Gasteiger partial charge is 0.335 e. The monoisotopic (exact) mass is 445 g/mol. The summed E-state index contributed by atoms with van der Waals surface area (Å²) in [7, 11) is 9.18. The number of nitrogens with two attached hydrogens (primary N) is 1. The lowest BCUT2D eigenvalue weighted by Gasteiger charge is -2.22. The van der Waals surface area contributed by atoms with Crippen molar-refractivity contribution in [3.8, 4) is 34.5 Å². The van der Waals surface area contributed by atoms with E-state index in [-0.39, 0.29) is 0 Å². The summed E-state index contributed by atoms with van der Waals surface area (Å²) in [6.07, 6.45) is 0.389. The Morgan fingerprint density at radius 1 is 0.812 bits per heavy atom. The number of urea groups is 1. The van der Waals surface area contributed by atoms with Crippen molar-refractivity contribution in [3.05, 3.63) is 35.4 Å². The Hall–Kier alpha value is -3.82. The molecule has 1 heterocycles. The summed E-state index contributed by atoms with van der Waals surface area (Å²) in [5, 5.41) is 5.72. The topological polar surface area (TPSA) is 114 Å². The lowest BCUT2D eigenvalue weighted by molar-refractivity contribution is 0.195. The molecule has 1 aliphatic heterocycles. The summed E-state index contributed by atoms with van der Waals surface area (Å²) in [5.74, 6) is 2.80. The van der Waals surface area contributed by atoms with Crippen LogP contribution in [0.5, 0.6) is 34.5 Å². The SMILES string of the molecule is COc1cc(C2=NN(C(N)=O)C(c3cc(OC)c(OC)c(OC)c3)C2)cc(OC)c1OC. The highest BCUT2D eigenvalue weighted by molar-refractivity contribution is 6.04. The normalized spacial score (nSPS) is 15.1. The van der Waals surface area contributed by atoms with Gasteiger partial charge in [0.25, 0.3) is 0 Å². The van der Waals surface area contributed by atoms with Gasteiger partial charge in [-0.1, -0.05) is 0 Å². The number of hydrogen-bond acceptors (Lipinski definition) is 8. The van der Waals surface area contributed by atoms with Crippen molar-refractivity contribution in [2.24, 2.45) is 10.8 Å². The van der Waals surface area contributed by atoms with Gasteiger partial charge in [0.05, 0.1) is 54.4 Å².